The molecular formula is C37H38N2O4S. The van der Waals surface area contributed by atoms with E-state index in [9.17, 15) is 13.0 Å². The van der Waals surface area contributed by atoms with Gasteiger partial charge in [-0.3, -0.25) is 9.55 Å². The molecule has 3 aromatic carbocycles. The van der Waals surface area contributed by atoms with E-state index in [0.29, 0.717) is 33.9 Å². The van der Waals surface area contributed by atoms with Crippen LogP contribution in [0.25, 0.3) is 5.57 Å². The van der Waals surface area contributed by atoms with E-state index >= 15 is 0 Å². The Morgan fingerprint density at radius 1 is 0.909 bits per heavy atom. The molecule has 1 aliphatic rings. The van der Waals surface area contributed by atoms with Crippen LogP contribution < -0.4 is 5.32 Å². The summed E-state index contributed by atoms with van der Waals surface area (Å²) in [5, 5.41) is 3.50. The Hall–Kier alpha value is -4.72. The molecule has 0 unspecified atom stereocenters. The number of benzene rings is 3. The zero-order valence-corrected chi connectivity index (χ0v) is 26.6. The van der Waals surface area contributed by atoms with Gasteiger partial charge in [-0.05, 0) is 80.2 Å². The van der Waals surface area contributed by atoms with Crippen molar-refractivity contribution in [2.75, 3.05) is 5.32 Å². The number of ether oxygens (including phenoxy) is 1. The van der Waals surface area contributed by atoms with Gasteiger partial charge in [-0.25, -0.2) is 0 Å². The quantitative estimate of drug-likeness (QED) is 0.144. The van der Waals surface area contributed by atoms with E-state index in [1.165, 1.54) is 6.07 Å². The number of hydrogen-bond acceptors (Lipinski definition) is 5. The van der Waals surface area contributed by atoms with Gasteiger partial charge in [0, 0.05) is 41.2 Å². The lowest BCUT2D eigenvalue weighted by molar-refractivity contribution is 0.303. The van der Waals surface area contributed by atoms with E-state index in [2.05, 4.69) is 18.5 Å². The smallest absolute Gasteiger partial charge is 0.295 e. The van der Waals surface area contributed by atoms with Gasteiger partial charge in [0.15, 0.2) is 0 Å². The molecule has 4 rings (SSSR count). The van der Waals surface area contributed by atoms with E-state index in [0.717, 1.165) is 39.3 Å². The maximum atomic E-state index is 12.4. The van der Waals surface area contributed by atoms with Crippen molar-refractivity contribution in [3.63, 3.8) is 0 Å². The summed E-state index contributed by atoms with van der Waals surface area (Å²) < 4.78 is 41.4. The fraction of sp³-hybridized carbons (Fsp3) is 0.162. The first-order valence-corrected chi connectivity index (χ1v) is 15.7. The summed E-state index contributed by atoms with van der Waals surface area (Å²) in [7, 11) is -4.51. The first-order valence-electron chi connectivity index (χ1n) is 14.2. The number of aryl methyl sites for hydroxylation is 4. The molecule has 0 saturated carbocycles. The highest BCUT2D eigenvalue weighted by Gasteiger charge is 2.27. The molecule has 0 aliphatic carbocycles. The molecular weight excluding hydrogens is 568 g/mol. The molecule has 6 nitrogen and oxygen atoms in total. The molecule has 7 heteroatoms. The molecule has 0 fully saturated rings. The molecule has 226 valence electrons. The van der Waals surface area contributed by atoms with Crippen LogP contribution >= 0.6 is 0 Å². The van der Waals surface area contributed by atoms with Gasteiger partial charge >= 0.3 is 0 Å². The normalized spacial score (nSPS) is 16.2. The Morgan fingerprint density at radius 2 is 1.52 bits per heavy atom. The minimum Gasteiger partial charge on any atom is -0.461 e. The van der Waals surface area contributed by atoms with Crippen LogP contribution in [0.1, 0.15) is 41.2 Å². The summed E-state index contributed by atoms with van der Waals surface area (Å²) in [4.78, 5) is 4.69. The lowest BCUT2D eigenvalue weighted by Crippen LogP contribution is -2.12. The highest BCUT2D eigenvalue weighted by Crippen LogP contribution is 2.40. The van der Waals surface area contributed by atoms with Crippen LogP contribution in [0.5, 0.6) is 0 Å². The number of nitrogens with one attached hydrogen (secondary N) is 1. The van der Waals surface area contributed by atoms with Gasteiger partial charge in [-0.2, -0.15) is 8.42 Å². The molecule has 0 radical (unpaired) electrons. The van der Waals surface area contributed by atoms with Gasteiger partial charge in [0.25, 0.3) is 10.1 Å². The van der Waals surface area contributed by atoms with Crippen molar-refractivity contribution in [3.05, 3.63) is 155 Å². The molecule has 0 atom stereocenters. The predicted octanol–water partition coefficient (Wildman–Crippen LogP) is 9.27. The van der Waals surface area contributed by atoms with Crippen LogP contribution in [0.2, 0.25) is 0 Å². The van der Waals surface area contributed by atoms with Crippen LogP contribution in [0.15, 0.2) is 137 Å². The topological polar surface area (TPSA) is 88.0 Å². The Bertz CT molecular complexity index is 1850. The van der Waals surface area contributed by atoms with Crippen molar-refractivity contribution < 1.29 is 17.7 Å². The van der Waals surface area contributed by atoms with Crippen LogP contribution in [0.4, 0.5) is 11.4 Å². The number of para-hydroxylation sites is 2. The molecule has 2 N–H and O–H groups in total. The Labute approximate surface area is 261 Å². The molecule has 0 aromatic heterocycles. The van der Waals surface area contributed by atoms with Crippen LogP contribution in [0, 0.1) is 27.7 Å². The van der Waals surface area contributed by atoms with Crippen molar-refractivity contribution in [2.24, 2.45) is 4.99 Å². The van der Waals surface area contributed by atoms with Crippen LogP contribution in [-0.4, -0.2) is 18.7 Å². The summed E-state index contributed by atoms with van der Waals surface area (Å²) in [5.41, 5.74) is 9.15. The highest BCUT2D eigenvalue weighted by atomic mass is 32.2. The molecule has 1 aliphatic heterocycles. The van der Waals surface area contributed by atoms with Crippen molar-refractivity contribution in [1.82, 2.24) is 0 Å². The number of aliphatic imine (C=N–C) groups is 1. The van der Waals surface area contributed by atoms with Crippen molar-refractivity contribution in [2.45, 2.75) is 45.9 Å². The maximum Gasteiger partial charge on any atom is 0.295 e. The molecule has 0 spiro atoms. The second kappa shape index (κ2) is 13.7. The standard InChI is InChI=1S/C37H38N2O4S/c1-8-14-29(39-37-26(5)17-13-18-27(37)6)22-30-23-33(32-19-10-11-20-35(32)44(40,41)42)31(9-2)34(43-30)21-28(7)38-36-24(3)15-12-16-25(36)4/h8-22,39H,1-2,23H2,3-7H3,(H,40,41,42)/b29-14+,30-22+,34-21+,38-28-. The minimum absolute atomic E-state index is 0.189. The summed E-state index contributed by atoms with van der Waals surface area (Å²) in [6.45, 7) is 17.9. The lowest BCUT2D eigenvalue weighted by atomic mass is 9.92. The largest absolute Gasteiger partial charge is 0.461 e. The number of allylic oxidation sites excluding steroid dienone is 6. The van der Waals surface area contributed by atoms with E-state index in [-0.39, 0.29) is 11.3 Å². The van der Waals surface area contributed by atoms with E-state index < -0.39 is 10.1 Å². The summed E-state index contributed by atoms with van der Waals surface area (Å²) in [6.07, 6.45) is 9.10. The molecule has 0 bridgehead atoms. The zero-order chi connectivity index (χ0) is 32.0. The van der Waals surface area contributed by atoms with Crippen molar-refractivity contribution >= 4 is 32.8 Å². The van der Waals surface area contributed by atoms with Crippen LogP contribution in [0.3, 0.4) is 0 Å². The monoisotopic (exact) mass is 606 g/mol. The molecule has 3 aromatic rings. The number of hydrogen-bond donors (Lipinski definition) is 2. The number of rotatable bonds is 9. The maximum absolute atomic E-state index is 12.4. The SMILES string of the molecule is C=C/C=C(\C=C1/CC(c2ccccc2S(=O)(=O)O)=C(C=C)/C(=C\C(C)=N/c2c(C)cccc2C)O1)Nc1c(C)cccc1C. The Morgan fingerprint density at radius 3 is 2.11 bits per heavy atom. The summed E-state index contributed by atoms with van der Waals surface area (Å²) in [6, 6.07) is 18.5. The predicted molar refractivity (Wildman–Crippen MR) is 182 cm³/mol. The van der Waals surface area contributed by atoms with Gasteiger partial charge in [-0.1, -0.05) is 79.9 Å². The lowest BCUT2D eigenvalue weighted by Gasteiger charge is -2.26. The minimum atomic E-state index is -4.51. The third kappa shape index (κ3) is 7.43. The van der Waals surface area contributed by atoms with Gasteiger partial charge in [0.05, 0.1) is 5.69 Å². The highest BCUT2D eigenvalue weighted by molar-refractivity contribution is 7.86. The van der Waals surface area contributed by atoms with E-state index in [1.807, 2.05) is 89.2 Å². The molecule has 0 saturated heterocycles. The summed E-state index contributed by atoms with van der Waals surface area (Å²) in [5.74, 6) is 1.00. The number of anilines is 1. The summed E-state index contributed by atoms with van der Waals surface area (Å²) >= 11 is 0. The van der Waals surface area contributed by atoms with Gasteiger partial charge < -0.3 is 10.1 Å². The second-order valence-electron chi connectivity index (χ2n) is 10.7. The second-order valence-corrected chi connectivity index (χ2v) is 12.1. The average molecular weight is 607 g/mol. The Balaban J connectivity index is 1.91. The zero-order valence-electron chi connectivity index (χ0n) is 25.8. The van der Waals surface area contributed by atoms with Gasteiger partial charge in [0.1, 0.15) is 16.4 Å². The van der Waals surface area contributed by atoms with E-state index in [1.54, 1.807) is 30.4 Å². The third-order valence-electron chi connectivity index (χ3n) is 7.31. The fourth-order valence-electron chi connectivity index (χ4n) is 5.21. The fourth-order valence-corrected chi connectivity index (χ4v) is 5.93. The average Bonchev–Trinajstić information content (AvgIpc) is 2.96. The first-order chi connectivity index (χ1) is 20.9. The molecule has 0 amide bonds. The van der Waals surface area contributed by atoms with Crippen LogP contribution in [-0.2, 0) is 14.9 Å². The molecule has 44 heavy (non-hydrogen) atoms. The number of nitrogens with zero attached hydrogens (tertiary/aromatic N) is 1. The first kappa shape index (κ1) is 32.2. The van der Waals surface area contributed by atoms with Crippen molar-refractivity contribution in [3.8, 4) is 0 Å². The van der Waals surface area contributed by atoms with Crippen molar-refractivity contribution in [1.29, 1.82) is 0 Å². The van der Waals surface area contributed by atoms with Gasteiger partial charge in [-0.15, -0.1) is 0 Å². The van der Waals surface area contributed by atoms with Gasteiger partial charge in [0.2, 0.25) is 0 Å². The third-order valence-corrected chi connectivity index (χ3v) is 8.22. The molecule has 1 heterocycles. The Kier molecular flexibility index (Phi) is 10.0. The van der Waals surface area contributed by atoms with E-state index in [4.69, 9.17) is 9.73 Å².